The number of benzene rings is 1. The van der Waals surface area contributed by atoms with Crippen LogP contribution in [0.5, 0.6) is 11.5 Å². The number of Topliss-reactive ketones (excluding diaryl/α,β-unsaturated/α-hetero) is 3. The van der Waals surface area contributed by atoms with E-state index >= 15 is 0 Å². The maximum Gasteiger partial charge on any atom is 0.200 e. The lowest BCUT2D eigenvalue weighted by Gasteiger charge is -2.58. The highest BCUT2D eigenvalue weighted by molar-refractivity contribution is 6.18. The molecular weight excluding hydrogens is 434 g/mol. The van der Waals surface area contributed by atoms with Crippen molar-refractivity contribution in [3.63, 3.8) is 0 Å². The van der Waals surface area contributed by atoms with Crippen molar-refractivity contribution in [2.45, 2.75) is 44.3 Å². The maximum atomic E-state index is 14.1. The molecule has 3 aliphatic heterocycles. The van der Waals surface area contributed by atoms with Crippen LogP contribution in [0.1, 0.15) is 43.5 Å². The molecule has 7 nitrogen and oxygen atoms in total. The van der Waals surface area contributed by atoms with Crippen LogP contribution < -0.4 is 4.74 Å². The first-order chi connectivity index (χ1) is 16.3. The fourth-order valence-corrected chi connectivity index (χ4v) is 6.85. The second-order valence-electron chi connectivity index (χ2n) is 10.5. The molecular formula is C27H29NO6. The molecule has 1 N–H and O–H groups in total. The zero-order valence-corrected chi connectivity index (χ0v) is 19.5. The third-order valence-electron chi connectivity index (χ3n) is 8.48. The van der Waals surface area contributed by atoms with Crippen molar-refractivity contribution in [3.05, 3.63) is 47.1 Å². The van der Waals surface area contributed by atoms with Gasteiger partial charge in [0.05, 0.1) is 6.61 Å². The molecule has 0 amide bonds. The zero-order chi connectivity index (χ0) is 23.8. The van der Waals surface area contributed by atoms with Crippen molar-refractivity contribution in [1.29, 1.82) is 0 Å². The SMILES string of the molecule is CC(C)=CCC12OC[C@@H]3[C@@H](CN4CCC(=O)CC4)[C@@H](C=C4C(=O)c5c(O)cccc5O[C@]431)C2=O. The molecule has 1 saturated carbocycles. The molecule has 1 aromatic carbocycles. The topological polar surface area (TPSA) is 93.1 Å². The number of piperidine rings is 1. The third-order valence-corrected chi connectivity index (χ3v) is 8.48. The number of phenolic OH excluding ortho intramolecular Hbond substituents is 1. The van der Waals surface area contributed by atoms with Crippen molar-refractivity contribution < 1.29 is 29.0 Å². The Bertz CT molecular complexity index is 1170. The van der Waals surface area contributed by atoms with Crippen molar-refractivity contribution >= 4 is 17.3 Å². The molecule has 7 rings (SSSR count). The Kier molecular flexibility index (Phi) is 4.71. The van der Waals surface area contributed by atoms with E-state index in [-0.39, 0.29) is 40.5 Å². The summed E-state index contributed by atoms with van der Waals surface area (Å²) in [5.41, 5.74) is -0.828. The second kappa shape index (κ2) is 7.36. The largest absolute Gasteiger partial charge is 0.507 e. The molecule has 1 spiro atoms. The first-order valence-electron chi connectivity index (χ1n) is 12.1. The predicted octanol–water partition coefficient (Wildman–Crippen LogP) is 2.87. The molecule has 34 heavy (non-hydrogen) atoms. The molecule has 3 aliphatic carbocycles. The first kappa shape index (κ1) is 21.7. The Hall–Kier alpha value is -2.77. The zero-order valence-electron chi connectivity index (χ0n) is 19.5. The number of carbonyl (C=O) groups excluding carboxylic acids is 3. The van der Waals surface area contributed by atoms with Gasteiger partial charge >= 0.3 is 0 Å². The molecule has 6 aliphatic rings. The number of likely N-dealkylation sites (tertiary alicyclic amines) is 1. The highest BCUT2D eigenvalue weighted by Crippen LogP contribution is 2.65. The molecule has 178 valence electrons. The lowest BCUT2D eigenvalue weighted by atomic mass is 9.49. The number of hydrogen-bond donors (Lipinski definition) is 1. The molecule has 1 aromatic rings. The number of aromatic hydroxyl groups is 1. The van der Waals surface area contributed by atoms with E-state index < -0.39 is 17.1 Å². The van der Waals surface area contributed by atoms with E-state index in [9.17, 15) is 19.5 Å². The predicted molar refractivity (Wildman–Crippen MR) is 123 cm³/mol. The van der Waals surface area contributed by atoms with Crippen molar-refractivity contribution in [2.75, 3.05) is 26.2 Å². The smallest absolute Gasteiger partial charge is 0.200 e. The molecule has 4 bridgehead atoms. The maximum absolute atomic E-state index is 14.1. The summed E-state index contributed by atoms with van der Waals surface area (Å²) in [4.78, 5) is 41.9. The van der Waals surface area contributed by atoms with E-state index in [4.69, 9.17) is 9.47 Å². The van der Waals surface area contributed by atoms with Crippen molar-refractivity contribution in [3.8, 4) is 11.5 Å². The Labute approximate surface area is 198 Å². The number of phenols is 1. The summed E-state index contributed by atoms with van der Waals surface area (Å²) in [7, 11) is 0. The van der Waals surface area contributed by atoms with E-state index in [1.54, 1.807) is 18.2 Å². The number of fused-ring (bicyclic) bond motifs is 1. The van der Waals surface area contributed by atoms with Gasteiger partial charge in [-0.15, -0.1) is 0 Å². The Morgan fingerprint density at radius 3 is 2.71 bits per heavy atom. The molecule has 3 heterocycles. The lowest BCUT2D eigenvalue weighted by molar-refractivity contribution is -0.171. The van der Waals surface area contributed by atoms with Crippen molar-refractivity contribution in [2.24, 2.45) is 17.8 Å². The minimum Gasteiger partial charge on any atom is -0.507 e. The number of allylic oxidation sites excluding steroid dienone is 2. The van der Waals surface area contributed by atoms with Crippen LogP contribution >= 0.6 is 0 Å². The number of hydrogen-bond acceptors (Lipinski definition) is 7. The van der Waals surface area contributed by atoms with Gasteiger partial charge < -0.3 is 19.5 Å². The van der Waals surface area contributed by atoms with Crippen LogP contribution in [-0.4, -0.2) is 64.8 Å². The van der Waals surface area contributed by atoms with Gasteiger partial charge in [0.1, 0.15) is 22.8 Å². The van der Waals surface area contributed by atoms with E-state index in [0.29, 0.717) is 56.8 Å². The highest BCUT2D eigenvalue weighted by atomic mass is 16.6. The second-order valence-corrected chi connectivity index (χ2v) is 10.5. The standard InChI is InChI=1S/C27H29NO6/c1-15(2)6-9-26-25(32)17-12-19-24(31)23-21(30)4-3-5-22(23)34-27(19,26)20(14-33-26)18(17)13-28-10-7-16(29)8-11-28/h3-6,12,17-18,20,30H,7-11,13-14H2,1-2H3/t17-,18+,20-,26?,27-/m1/s1. The lowest BCUT2D eigenvalue weighted by Crippen LogP contribution is -2.74. The first-order valence-corrected chi connectivity index (χ1v) is 12.1. The Morgan fingerprint density at radius 1 is 1.21 bits per heavy atom. The van der Waals surface area contributed by atoms with Gasteiger partial charge in [0, 0.05) is 56.3 Å². The quantitative estimate of drug-likeness (QED) is 0.687. The monoisotopic (exact) mass is 463 g/mol. The van der Waals surface area contributed by atoms with Gasteiger partial charge in [0.25, 0.3) is 0 Å². The van der Waals surface area contributed by atoms with Gasteiger partial charge in [-0.3, -0.25) is 14.4 Å². The van der Waals surface area contributed by atoms with Gasteiger partial charge in [-0.2, -0.15) is 0 Å². The highest BCUT2D eigenvalue weighted by Gasteiger charge is 2.79. The fourth-order valence-electron chi connectivity index (χ4n) is 6.85. The molecule has 7 heteroatoms. The van der Waals surface area contributed by atoms with E-state index in [1.165, 1.54) is 6.07 Å². The normalized spacial score (nSPS) is 36.0. The summed E-state index contributed by atoms with van der Waals surface area (Å²) in [5.74, 6) is -0.570. The van der Waals surface area contributed by atoms with Crippen LogP contribution in [0, 0.1) is 17.8 Å². The molecule has 1 unspecified atom stereocenters. The average molecular weight is 464 g/mol. The van der Waals surface area contributed by atoms with E-state index in [2.05, 4.69) is 4.90 Å². The van der Waals surface area contributed by atoms with E-state index in [1.807, 2.05) is 19.9 Å². The summed E-state index contributed by atoms with van der Waals surface area (Å²) in [5, 5.41) is 10.4. The Balaban J connectivity index is 1.49. The fraction of sp³-hybridized carbons (Fsp3) is 0.519. The third kappa shape index (κ3) is 2.68. The van der Waals surface area contributed by atoms with Crippen LogP contribution in [0.3, 0.4) is 0 Å². The minimum atomic E-state index is -1.27. The molecule has 0 radical (unpaired) electrons. The van der Waals surface area contributed by atoms with Crippen LogP contribution in [0.15, 0.2) is 41.5 Å². The molecule has 2 saturated heterocycles. The molecule has 5 atom stereocenters. The van der Waals surface area contributed by atoms with Crippen molar-refractivity contribution in [1.82, 2.24) is 4.90 Å². The molecule has 0 aromatic heterocycles. The van der Waals surface area contributed by atoms with Crippen LogP contribution in [0.4, 0.5) is 0 Å². The van der Waals surface area contributed by atoms with Gasteiger partial charge in [-0.25, -0.2) is 0 Å². The van der Waals surface area contributed by atoms with Crippen LogP contribution in [0.2, 0.25) is 0 Å². The van der Waals surface area contributed by atoms with E-state index in [0.717, 1.165) is 5.57 Å². The summed E-state index contributed by atoms with van der Waals surface area (Å²) in [6.45, 7) is 6.31. The summed E-state index contributed by atoms with van der Waals surface area (Å²) < 4.78 is 13.1. The average Bonchev–Trinajstić information content (AvgIpc) is 3.09. The Morgan fingerprint density at radius 2 is 1.97 bits per heavy atom. The van der Waals surface area contributed by atoms with Gasteiger partial charge in [0.15, 0.2) is 22.8 Å². The number of nitrogens with zero attached hydrogens (tertiary/aromatic N) is 1. The number of ether oxygens (including phenoxy) is 2. The van der Waals surface area contributed by atoms with Crippen LogP contribution in [-0.2, 0) is 14.3 Å². The van der Waals surface area contributed by atoms with Gasteiger partial charge in [-0.05, 0) is 31.9 Å². The van der Waals surface area contributed by atoms with Gasteiger partial charge in [0.2, 0.25) is 0 Å². The minimum absolute atomic E-state index is 0.0306. The number of ketones is 3. The number of rotatable bonds is 4. The number of carbonyl (C=O) groups is 3. The summed E-state index contributed by atoms with van der Waals surface area (Å²) in [6, 6.07) is 4.81. The summed E-state index contributed by atoms with van der Waals surface area (Å²) in [6.07, 6.45) is 5.19. The molecule has 3 fully saturated rings. The van der Waals surface area contributed by atoms with Gasteiger partial charge in [-0.1, -0.05) is 23.8 Å². The summed E-state index contributed by atoms with van der Waals surface area (Å²) >= 11 is 0. The van der Waals surface area contributed by atoms with Crippen LogP contribution in [0.25, 0.3) is 0 Å².